The number of rotatable bonds is 17. The fraction of sp³-hybridized carbons (Fsp3) is 0.452. The molecule has 104 heavy (non-hydrogen) atoms. The van der Waals surface area contributed by atoms with E-state index in [-0.39, 0.29) is 59.2 Å². The third-order valence-electron chi connectivity index (χ3n) is 21.8. The summed E-state index contributed by atoms with van der Waals surface area (Å²) >= 11 is 0. The zero-order valence-electron chi connectivity index (χ0n) is 60.9. The van der Waals surface area contributed by atoms with Gasteiger partial charge in [0.15, 0.2) is 28.0 Å². The molecule has 7 aliphatic rings. The fourth-order valence-electron chi connectivity index (χ4n) is 15.0. The standard InChI is InChI=1S/C21H28F6O7S.C18H16O2.C18H13OS.C17H26O.C10H14O/c1-4-16(2,3)14(28)33-18-8-12-5-13(9-18)7-17(6-12,10-18)15(29)34-19(20(22,23)24,21(25,26)27)11-35(30,31)32;1-3-11(2)12-8-9-15-16(10-12)18(20)14-7-5-4-6-13(14)17(15)19;1-2-8-14(9-3-1)20-17-12-6-4-10-15(17)19-16-11-5-7-13-18(16)20;1-4-14(3)15-8-10-16(11-9-15)18-17(5-2)12-6-7-13-17;1-3-8(2)9-4-6-10(11)7-5-9/h12-13H,4-11H2,1-3H3,(H,30,31,32);4-11H,3H2,1-2H3;1-13H;8-11,14H,4-7,12-13H2,1-3H3;4-8,11H,3H2,1-2H3/q;;+1;;/p-1. The van der Waals surface area contributed by atoms with E-state index in [4.69, 9.17) is 19.3 Å². The van der Waals surface area contributed by atoms with Crippen molar-refractivity contribution in [2.75, 3.05) is 5.75 Å². The molecule has 5 fully saturated rings. The van der Waals surface area contributed by atoms with Crippen LogP contribution in [0.1, 0.15) is 232 Å². The predicted molar refractivity (Wildman–Crippen MR) is 390 cm³/mol. The lowest BCUT2D eigenvalue weighted by Crippen LogP contribution is -2.66. The van der Waals surface area contributed by atoms with Crippen LogP contribution in [0.25, 0.3) is 0 Å². The average Bonchev–Trinajstić information content (AvgIpc) is 0.784. The summed E-state index contributed by atoms with van der Waals surface area (Å²) in [6.07, 6.45) is -2.25. The van der Waals surface area contributed by atoms with Crippen LogP contribution in [0.5, 0.6) is 23.0 Å². The Bertz CT molecular complexity index is 4170. The van der Waals surface area contributed by atoms with Gasteiger partial charge in [-0.15, -0.1) is 0 Å². The first-order valence-corrected chi connectivity index (χ1v) is 39.0. The summed E-state index contributed by atoms with van der Waals surface area (Å²) in [6, 6.07) is 56.2. The molecule has 6 aliphatic carbocycles. The van der Waals surface area contributed by atoms with Crippen molar-refractivity contribution in [1.82, 2.24) is 0 Å². The molecule has 0 aromatic heterocycles. The molecule has 1 heterocycles. The van der Waals surface area contributed by atoms with Crippen molar-refractivity contribution in [2.45, 2.75) is 227 Å². The Morgan fingerprint density at radius 2 is 1.06 bits per heavy atom. The summed E-state index contributed by atoms with van der Waals surface area (Å²) in [7, 11) is -6.22. The third kappa shape index (κ3) is 18.1. The maximum absolute atomic E-state index is 13.7. The number of ketones is 2. The largest absolute Gasteiger partial charge is 0.748 e. The molecule has 1 aliphatic heterocycles. The number of para-hydroxylation sites is 2. The number of phenols is 1. The molecule has 0 radical (unpaired) electrons. The highest BCUT2D eigenvalue weighted by atomic mass is 32.2. The minimum absolute atomic E-state index is 0.0413. The van der Waals surface area contributed by atoms with Crippen molar-refractivity contribution in [1.29, 1.82) is 0 Å². The number of benzene rings is 7. The van der Waals surface area contributed by atoms with Crippen LogP contribution in [0.15, 0.2) is 185 Å². The minimum atomic E-state index is -6.43. The molecular weight excluding hydrogens is 1380 g/mol. The molecule has 14 rings (SSSR count). The van der Waals surface area contributed by atoms with Crippen LogP contribution in [0.2, 0.25) is 0 Å². The Kier molecular flexibility index (Phi) is 25.3. The zero-order chi connectivity index (χ0) is 75.8. The summed E-state index contributed by atoms with van der Waals surface area (Å²) in [5.74, 6) is -1.27. The van der Waals surface area contributed by atoms with Crippen LogP contribution in [-0.2, 0) is 40.1 Å². The first-order chi connectivity index (χ1) is 49.1. The van der Waals surface area contributed by atoms with Gasteiger partial charge in [-0.05, 0) is 217 Å². The van der Waals surface area contributed by atoms with E-state index >= 15 is 0 Å². The van der Waals surface area contributed by atoms with E-state index in [1.165, 1.54) is 57.9 Å². The lowest BCUT2D eigenvalue weighted by Gasteiger charge is -2.60. The highest BCUT2D eigenvalue weighted by Crippen LogP contribution is 2.64. The summed E-state index contributed by atoms with van der Waals surface area (Å²) in [5, 5.41) is 9.01. The number of carbonyl (C=O) groups is 4. The number of phenolic OH excluding ortho intramolecular Hbond substituents is 1. The molecule has 0 spiro atoms. The SMILES string of the molecule is CCC(C)(C)C(=O)OC12CC3CC(C1)CC(C(=O)OC(CS(=O)(=O)[O-])(C(F)(F)F)C(F)(F)F)(C3)C2.CCC(C)c1ccc(O)cc1.CCC(C)c1ccc(OC2(CC)CCCC2)cc1.CCC(C)c1ccc2c(c1)C(=O)c1ccccc1C2=O.c1ccc([S+]2c3ccccc3Oc3ccccc32)cc1. The van der Waals surface area contributed by atoms with Crippen molar-refractivity contribution in [3.05, 3.63) is 209 Å². The molecule has 7 aromatic carbocycles. The molecule has 5 atom stereocenters. The quantitative estimate of drug-likeness (QED) is 0.0395. The Balaban J connectivity index is 0.000000158. The lowest BCUT2D eigenvalue weighted by atomic mass is 9.48. The van der Waals surface area contributed by atoms with Crippen LogP contribution in [0.3, 0.4) is 0 Å². The van der Waals surface area contributed by atoms with Gasteiger partial charge in [0.05, 0.1) is 26.7 Å². The summed E-state index contributed by atoms with van der Waals surface area (Å²) in [4.78, 5) is 54.7. The minimum Gasteiger partial charge on any atom is -0.748 e. The van der Waals surface area contributed by atoms with Crippen LogP contribution >= 0.6 is 0 Å². The van der Waals surface area contributed by atoms with E-state index in [9.17, 15) is 58.5 Å². The molecular formula is C84H96F6O12S2. The van der Waals surface area contributed by atoms with Crippen molar-refractivity contribution < 1.29 is 82.5 Å². The molecule has 0 amide bonds. The Morgan fingerprint density at radius 1 is 0.606 bits per heavy atom. The van der Waals surface area contributed by atoms with Gasteiger partial charge in [0.25, 0.3) is 0 Å². The number of alkyl halides is 6. The van der Waals surface area contributed by atoms with Crippen LogP contribution in [0.4, 0.5) is 26.3 Å². The molecule has 558 valence electrons. The molecule has 7 aromatic rings. The number of carbonyl (C=O) groups excluding carboxylic acids is 4. The number of hydrogen-bond donors (Lipinski definition) is 1. The number of fused-ring (bicyclic) bond motifs is 4. The summed E-state index contributed by atoms with van der Waals surface area (Å²) < 4.78 is 137. The maximum atomic E-state index is 13.7. The van der Waals surface area contributed by atoms with Gasteiger partial charge >= 0.3 is 29.9 Å². The Morgan fingerprint density at radius 3 is 1.54 bits per heavy atom. The van der Waals surface area contributed by atoms with E-state index in [2.05, 4.69) is 132 Å². The number of ether oxygens (including phenoxy) is 4. The molecule has 0 saturated heterocycles. The third-order valence-corrected chi connectivity index (χ3v) is 24.9. The van der Waals surface area contributed by atoms with Gasteiger partial charge in [0, 0.05) is 28.7 Å². The van der Waals surface area contributed by atoms with Gasteiger partial charge in [-0.25, -0.2) is 8.42 Å². The van der Waals surface area contributed by atoms with Crippen LogP contribution in [0, 0.1) is 22.7 Å². The first-order valence-electron chi connectivity index (χ1n) is 36.2. The second-order valence-electron chi connectivity index (χ2n) is 29.5. The van der Waals surface area contributed by atoms with Gasteiger partial charge in [-0.1, -0.05) is 159 Å². The molecule has 5 unspecified atom stereocenters. The van der Waals surface area contributed by atoms with Crippen LogP contribution in [-0.4, -0.2) is 76.5 Å². The van der Waals surface area contributed by atoms with Crippen molar-refractivity contribution >= 4 is 44.5 Å². The monoisotopic (exact) mass is 1470 g/mol. The highest BCUT2D eigenvalue weighted by Gasteiger charge is 2.76. The zero-order valence-corrected chi connectivity index (χ0v) is 62.5. The topological polar surface area (TPSA) is 183 Å². The second-order valence-corrected chi connectivity index (χ2v) is 32.9. The highest BCUT2D eigenvalue weighted by molar-refractivity contribution is 7.97. The van der Waals surface area contributed by atoms with Crippen molar-refractivity contribution in [3.8, 4) is 23.0 Å². The van der Waals surface area contributed by atoms with Crippen LogP contribution < -0.4 is 9.47 Å². The smallest absolute Gasteiger partial charge is 0.438 e. The fourth-order valence-corrected chi connectivity index (χ4v) is 18.2. The average molecular weight is 1480 g/mol. The van der Waals surface area contributed by atoms with Gasteiger partial charge in [0.1, 0.15) is 33.6 Å². The maximum Gasteiger partial charge on any atom is 0.438 e. The Labute approximate surface area is 611 Å². The van der Waals surface area contributed by atoms with Gasteiger partial charge in [0.2, 0.25) is 9.79 Å². The van der Waals surface area contributed by atoms with Gasteiger partial charge in [-0.3, -0.25) is 19.2 Å². The summed E-state index contributed by atoms with van der Waals surface area (Å²) in [5.41, 5.74) is -3.45. The summed E-state index contributed by atoms with van der Waals surface area (Å²) in [6.45, 7) is 20.4. The first kappa shape index (κ1) is 80.2. The van der Waals surface area contributed by atoms with Crippen molar-refractivity contribution in [2.24, 2.45) is 22.7 Å². The predicted octanol–water partition coefficient (Wildman–Crippen LogP) is 21.3. The van der Waals surface area contributed by atoms with Gasteiger partial charge in [-0.2, -0.15) is 26.3 Å². The number of hydrogen-bond acceptors (Lipinski definition) is 12. The van der Waals surface area contributed by atoms with E-state index in [0.29, 0.717) is 71.4 Å². The molecule has 1 N–H and O–H groups in total. The lowest BCUT2D eigenvalue weighted by molar-refractivity contribution is -0.365. The molecule has 12 nitrogen and oxygen atoms in total. The molecule has 20 heteroatoms. The van der Waals surface area contributed by atoms with E-state index in [1.807, 2.05) is 48.5 Å². The normalized spacial score (nSPS) is 20.7. The Hall–Kier alpha value is -7.94. The molecule has 5 saturated carbocycles. The van der Waals surface area contributed by atoms with Gasteiger partial charge < -0.3 is 28.6 Å². The second kappa shape index (κ2) is 32.8. The number of aromatic hydroxyl groups is 1. The molecule has 4 bridgehead atoms. The van der Waals surface area contributed by atoms with E-state index in [0.717, 1.165) is 42.1 Å². The van der Waals surface area contributed by atoms with Crippen molar-refractivity contribution in [3.63, 3.8) is 0 Å². The van der Waals surface area contributed by atoms with E-state index < -0.39 is 62.2 Å². The number of esters is 2. The number of halogens is 6. The van der Waals surface area contributed by atoms with E-state index in [1.54, 1.807) is 63.2 Å².